The van der Waals surface area contributed by atoms with Crippen LogP contribution in [0.4, 0.5) is 0 Å². The van der Waals surface area contributed by atoms with Crippen molar-refractivity contribution in [1.82, 2.24) is 0 Å². The molecule has 4 fully saturated rings. The number of aliphatic hydroxyl groups excluding tert-OH is 1. The Bertz CT molecular complexity index is 1100. The monoisotopic (exact) mass is 568 g/mol. The second-order valence-electron chi connectivity index (χ2n) is 14.2. The average Bonchev–Trinajstić information content (AvgIpc) is 3.53. The van der Waals surface area contributed by atoms with Gasteiger partial charge in [0.05, 0.1) is 18.3 Å². The van der Waals surface area contributed by atoms with Crippen LogP contribution >= 0.6 is 0 Å². The van der Waals surface area contributed by atoms with Gasteiger partial charge in [0.1, 0.15) is 6.10 Å². The van der Waals surface area contributed by atoms with Crippen LogP contribution in [0.2, 0.25) is 0 Å². The van der Waals surface area contributed by atoms with Gasteiger partial charge in [-0.1, -0.05) is 53.2 Å². The molecule has 4 aliphatic carbocycles. The lowest BCUT2D eigenvalue weighted by Gasteiger charge is -2.59. The SMILES string of the molecule is CC(=O)O[C@@H]1[C@@H](OS(=O)(=O)O)[C@@H]2CC=C3[C@@H]4CC[C@H]([C@H](C)[C@@H]5O[C@H]5[C@H](C)C(C)C)[C@@]4(C)CC[C@@H]3[C@@]2(C)C[C@H]1O. The maximum atomic E-state index is 11.8. The molecule has 5 rings (SSSR count). The standard InChI is InChI=1S/C30H48O8S/c1-15(2)16(3)25-26(37-25)17(4)20-10-11-21-19-8-9-23-27(38-39(33,34)35)28(36-18(5)31)24(32)14-30(23,7)22(19)12-13-29(20,21)6/h8,15-17,20-28,32H,9-14H2,1-7H3,(H,33,34,35)/t16-,17+,20-,21+,22+,23+,24-,25+,26+,27+,28+,29-,30-/m1/s1. The third-order valence-electron chi connectivity index (χ3n) is 12.0. The molecule has 5 aliphatic rings. The highest BCUT2D eigenvalue weighted by Gasteiger charge is 2.63. The van der Waals surface area contributed by atoms with Crippen LogP contribution in [0, 0.1) is 52.3 Å². The number of rotatable bonds is 7. The van der Waals surface area contributed by atoms with Crippen LogP contribution < -0.4 is 0 Å². The number of carbonyl (C=O) groups is 1. The van der Waals surface area contributed by atoms with E-state index in [1.165, 1.54) is 18.9 Å². The van der Waals surface area contributed by atoms with E-state index >= 15 is 0 Å². The maximum absolute atomic E-state index is 11.8. The van der Waals surface area contributed by atoms with Crippen molar-refractivity contribution in [3.8, 4) is 0 Å². The van der Waals surface area contributed by atoms with Crippen LogP contribution in [-0.4, -0.2) is 54.6 Å². The third kappa shape index (κ3) is 5.02. The second kappa shape index (κ2) is 10.1. The number of epoxide rings is 1. The van der Waals surface area contributed by atoms with Gasteiger partial charge >= 0.3 is 16.4 Å². The highest BCUT2D eigenvalue weighted by atomic mass is 32.3. The van der Waals surface area contributed by atoms with Gasteiger partial charge in [-0.15, -0.1) is 0 Å². The Balaban J connectivity index is 1.41. The van der Waals surface area contributed by atoms with Gasteiger partial charge in [-0.05, 0) is 90.8 Å². The molecular weight excluding hydrogens is 520 g/mol. The van der Waals surface area contributed by atoms with Crippen molar-refractivity contribution in [3.05, 3.63) is 11.6 Å². The minimum Gasteiger partial charge on any atom is -0.457 e. The number of esters is 1. The zero-order valence-electron chi connectivity index (χ0n) is 24.5. The largest absolute Gasteiger partial charge is 0.457 e. The number of aliphatic hydroxyl groups is 1. The summed E-state index contributed by atoms with van der Waals surface area (Å²) in [4.78, 5) is 11.8. The minimum atomic E-state index is -4.82. The summed E-state index contributed by atoms with van der Waals surface area (Å²) >= 11 is 0. The summed E-state index contributed by atoms with van der Waals surface area (Å²) in [5.41, 5.74) is 1.18. The zero-order chi connectivity index (χ0) is 28.7. The van der Waals surface area contributed by atoms with E-state index in [-0.39, 0.29) is 17.3 Å². The van der Waals surface area contributed by atoms with Crippen LogP contribution in [0.3, 0.4) is 0 Å². The van der Waals surface area contributed by atoms with Crippen LogP contribution in [0.15, 0.2) is 11.6 Å². The quantitative estimate of drug-likeness (QED) is 0.191. The number of hydrogen-bond donors (Lipinski definition) is 2. The van der Waals surface area contributed by atoms with E-state index < -0.39 is 40.1 Å². The van der Waals surface area contributed by atoms with E-state index in [2.05, 4.69) is 47.6 Å². The molecule has 1 saturated heterocycles. The summed E-state index contributed by atoms with van der Waals surface area (Å²) < 4.78 is 50.1. The van der Waals surface area contributed by atoms with Crippen LogP contribution in [-0.2, 0) is 28.9 Å². The number of hydrogen-bond acceptors (Lipinski definition) is 7. The van der Waals surface area contributed by atoms with Crippen LogP contribution in [0.25, 0.3) is 0 Å². The van der Waals surface area contributed by atoms with E-state index in [0.29, 0.717) is 54.6 Å². The lowest BCUT2D eigenvalue weighted by Crippen LogP contribution is -2.61. The number of ether oxygens (including phenoxy) is 2. The highest BCUT2D eigenvalue weighted by Crippen LogP contribution is 2.68. The van der Waals surface area contributed by atoms with Gasteiger partial charge in [0.15, 0.2) is 6.10 Å². The van der Waals surface area contributed by atoms with Crippen molar-refractivity contribution in [2.45, 2.75) is 118 Å². The molecular formula is C30H48O8S. The first-order valence-electron chi connectivity index (χ1n) is 14.9. The molecule has 8 nitrogen and oxygen atoms in total. The van der Waals surface area contributed by atoms with E-state index in [9.17, 15) is 22.9 Å². The third-order valence-corrected chi connectivity index (χ3v) is 12.5. The first-order chi connectivity index (χ1) is 18.1. The molecule has 0 radical (unpaired) electrons. The number of allylic oxidation sites excluding steroid dienone is 2. The first kappa shape index (κ1) is 29.5. The van der Waals surface area contributed by atoms with Crippen molar-refractivity contribution in [2.24, 2.45) is 52.3 Å². The Labute approximate surface area is 234 Å². The first-order valence-corrected chi connectivity index (χ1v) is 16.3. The van der Waals surface area contributed by atoms with E-state index in [4.69, 9.17) is 13.7 Å². The van der Waals surface area contributed by atoms with Crippen LogP contribution in [0.1, 0.15) is 87.0 Å². The zero-order valence-corrected chi connectivity index (χ0v) is 25.3. The van der Waals surface area contributed by atoms with Crippen molar-refractivity contribution in [1.29, 1.82) is 0 Å². The summed E-state index contributed by atoms with van der Waals surface area (Å²) in [5.74, 6) is 1.94. The average molecular weight is 569 g/mol. The molecule has 39 heavy (non-hydrogen) atoms. The molecule has 13 atom stereocenters. The van der Waals surface area contributed by atoms with Gasteiger partial charge in [0, 0.05) is 6.92 Å². The van der Waals surface area contributed by atoms with Crippen molar-refractivity contribution in [2.75, 3.05) is 0 Å². The molecule has 0 bridgehead atoms. The van der Waals surface area contributed by atoms with E-state index in [1.807, 2.05) is 0 Å². The van der Waals surface area contributed by atoms with Gasteiger partial charge in [-0.2, -0.15) is 8.42 Å². The Kier molecular flexibility index (Phi) is 7.62. The van der Waals surface area contributed by atoms with Gasteiger partial charge in [0.2, 0.25) is 0 Å². The van der Waals surface area contributed by atoms with Crippen LogP contribution in [0.5, 0.6) is 0 Å². The van der Waals surface area contributed by atoms with Gasteiger partial charge < -0.3 is 14.6 Å². The topological polar surface area (TPSA) is 123 Å². The van der Waals surface area contributed by atoms with Crippen molar-refractivity contribution < 1.29 is 36.5 Å². The fourth-order valence-corrected chi connectivity index (χ4v) is 10.2. The molecule has 0 aromatic carbocycles. The smallest absolute Gasteiger partial charge is 0.397 e. The maximum Gasteiger partial charge on any atom is 0.397 e. The van der Waals surface area contributed by atoms with Gasteiger partial charge in [-0.25, -0.2) is 4.18 Å². The van der Waals surface area contributed by atoms with Crippen molar-refractivity contribution >= 4 is 16.4 Å². The molecule has 0 amide bonds. The fraction of sp³-hybridized carbons (Fsp3) is 0.900. The number of carbonyl (C=O) groups excluding carboxylic acids is 1. The Morgan fingerprint density at radius 2 is 1.72 bits per heavy atom. The normalized spacial score (nSPS) is 46.9. The molecule has 1 aliphatic heterocycles. The predicted molar refractivity (Wildman–Crippen MR) is 146 cm³/mol. The van der Waals surface area contributed by atoms with Gasteiger partial charge in [0.25, 0.3) is 0 Å². The van der Waals surface area contributed by atoms with Gasteiger partial charge in [-0.3, -0.25) is 9.35 Å². The molecule has 0 spiro atoms. The summed E-state index contributed by atoms with van der Waals surface area (Å²) in [5, 5.41) is 11.1. The molecule has 9 heteroatoms. The summed E-state index contributed by atoms with van der Waals surface area (Å²) in [6, 6.07) is 0. The Morgan fingerprint density at radius 3 is 2.33 bits per heavy atom. The summed E-state index contributed by atoms with van der Waals surface area (Å²) in [6.07, 6.45) is 4.89. The molecule has 3 saturated carbocycles. The van der Waals surface area contributed by atoms with Crippen molar-refractivity contribution in [3.63, 3.8) is 0 Å². The Morgan fingerprint density at radius 1 is 1.05 bits per heavy atom. The summed E-state index contributed by atoms with van der Waals surface area (Å²) in [7, 11) is -4.82. The molecule has 0 aromatic rings. The summed E-state index contributed by atoms with van der Waals surface area (Å²) in [6.45, 7) is 15.1. The molecule has 0 aromatic heterocycles. The molecule has 1 heterocycles. The molecule has 0 unspecified atom stereocenters. The highest BCUT2D eigenvalue weighted by molar-refractivity contribution is 7.80. The lowest BCUT2D eigenvalue weighted by molar-refractivity contribution is -0.193. The van der Waals surface area contributed by atoms with E-state index in [1.54, 1.807) is 0 Å². The fourth-order valence-electron chi connectivity index (χ4n) is 9.69. The molecule has 222 valence electrons. The second-order valence-corrected chi connectivity index (χ2v) is 15.3. The molecule has 2 N–H and O–H groups in total. The number of fused-ring (bicyclic) bond motifs is 5. The lowest BCUT2D eigenvalue weighted by atomic mass is 9.47. The Hall–Kier alpha value is -1.00. The van der Waals surface area contributed by atoms with E-state index in [0.717, 1.165) is 19.3 Å². The predicted octanol–water partition coefficient (Wildman–Crippen LogP) is 4.96. The minimum absolute atomic E-state index is 0.176.